The van der Waals surface area contributed by atoms with Crippen LogP contribution in [-0.4, -0.2) is 46.9 Å². The second-order valence-electron chi connectivity index (χ2n) is 4.45. The Morgan fingerprint density at radius 2 is 2.20 bits per heavy atom. The number of nitrogens with zero attached hydrogens (tertiary/aromatic N) is 2. The highest BCUT2D eigenvalue weighted by Gasteiger charge is 2.25. The molecule has 2 rings (SSSR count). The fraction of sp³-hybridized carbons (Fsp3) is 0.583. The molecule has 1 amide bonds. The first kappa shape index (κ1) is 15.4. The van der Waals surface area contributed by atoms with Gasteiger partial charge in [0.25, 0.3) is 5.91 Å². The van der Waals surface area contributed by atoms with Crippen molar-refractivity contribution in [3.8, 4) is 0 Å². The number of thiophene rings is 1. The minimum absolute atomic E-state index is 0.00360. The lowest BCUT2D eigenvalue weighted by atomic mass is 10.1. The van der Waals surface area contributed by atoms with Gasteiger partial charge in [-0.25, -0.2) is 0 Å². The monoisotopic (exact) mass is 362 g/mol. The topological polar surface area (TPSA) is 72.7 Å². The Morgan fingerprint density at radius 3 is 2.75 bits per heavy atom. The van der Waals surface area contributed by atoms with E-state index in [9.17, 15) is 14.9 Å². The van der Waals surface area contributed by atoms with Crippen LogP contribution < -0.4 is 0 Å². The molecule has 6 nitrogen and oxygen atoms in total. The normalized spacial score (nSPS) is 16.4. The predicted octanol–water partition coefficient (Wildman–Crippen LogP) is 2.67. The van der Waals surface area contributed by atoms with Gasteiger partial charge in [-0.05, 0) is 18.9 Å². The third-order valence-corrected chi connectivity index (χ3v) is 4.49. The molecular weight excluding hydrogens is 348 g/mol. The molecule has 0 aromatic carbocycles. The molecule has 0 N–H and O–H groups in total. The zero-order chi connectivity index (χ0) is 14.5. The number of hydrogen-bond acceptors (Lipinski definition) is 5. The summed E-state index contributed by atoms with van der Waals surface area (Å²) in [4.78, 5) is 24.5. The summed E-state index contributed by atoms with van der Waals surface area (Å²) >= 11 is 4.24. The lowest BCUT2D eigenvalue weighted by Crippen LogP contribution is -2.40. The van der Waals surface area contributed by atoms with Gasteiger partial charge in [0.2, 0.25) is 0 Å². The highest BCUT2D eigenvalue weighted by atomic mass is 79.9. The van der Waals surface area contributed by atoms with Crippen LogP contribution in [0.15, 0.2) is 12.1 Å². The predicted molar refractivity (Wildman–Crippen MR) is 79.6 cm³/mol. The van der Waals surface area contributed by atoms with Crippen LogP contribution in [0.4, 0.5) is 5.00 Å². The molecule has 1 saturated heterocycles. The van der Waals surface area contributed by atoms with Crippen LogP contribution in [0.25, 0.3) is 0 Å². The van der Waals surface area contributed by atoms with Gasteiger partial charge in [-0.3, -0.25) is 14.9 Å². The first-order valence-corrected chi connectivity index (χ1v) is 8.26. The molecule has 0 atom stereocenters. The second-order valence-corrected chi connectivity index (χ2v) is 6.30. The summed E-state index contributed by atoms with van der Waals surface area (Å²) in [5.74, 6) is -0.123. The van der Waals surface area contributed by atoms with Crippen LogP contribution >= 0.6 is 27.3 Å². The Balaban J connectivity index is 1.89. The summed E-state index contributed by atoms with van der Waals surface area (Å²) in [5.41, 5.74) is 0. The van der Waals surface area contributed by atoms with Gasteiger partial charge in [0.1, 0.15) is 0 Å². The average Bonchev–Trinajstić information content (AvgIpc) is 2.95. The molecule has 2 heterocycles. The van der Waals surface area contributed by atoms with Gasteiger partial charge in [-0.1, -0.05) is 27.3 Å². The quantitative estimate of drug-likeness (QED) is 0.458. The molecular formula is C12H15BrN2O4S. The third-order valence-electron chi connectivity index (χ3n) is 3.14. The number of amides is 1. The number of ether oxygens (including phenoxy) is 1. The number of piperidine rings is 1. The van der Waals surface area contributed by atoms with Gasteiger partial charge in [0, 0.05) is 24.5 Å². The molecule has 1 aromatic rings. The van der Waals surface area contributed by atoms with E-state index >= 15 is 0 Å². The fourth-order valence-electron chi connectivity index (χ4n) is 2.13. The Hall–Kier alpha value is -0.990. The summed E-state index contributed by atoms with van der Waals surface area (Å²) < 4.78 is 5.63. The standard InChI is InChI=1S/C12H15BrN2O4S/c13-5-8-19-9-3-6-14(7-4-9)12(16)10-1-2-11(20-10)15(17)18/h1-2,9H,3-8H2. The summed E-state index contributed by atoms with van der Waals surface area (Å²) in [7, 11) is 0. The molecule has 1 aliphatic rings. The van der Waals surface area contributed by atoms with Crippen LogP contribution in [0.3, 0.4) is 0 Å². The summed E-state index contributed by atoms with van der Waals surface area (Å²) in [5, 5.41) is 11.4. The maximum absolute atomic E-state index is 12.2. The zero-order valence-electron chi connectivity index (χ0n) is 10.8. The molecule has 0 unspecified atom stereocenters. The second kappa shape index (κ2) is 7.14. The molecule has 1 aromatic heterocycles. The van der Waals surface area contributed by atoms with Crippen molar-refractivity contribution in [2.24, 2.45) is 0 Å². The van der Waals surface area contributed by atoms with Crippen molar-refractivity contribution < 1.29 is 14.5 Å². The van der Waals surface area contributed by atoms with Crippen molar-refractivity contribution in [3.05, 3.63) is 27.1 Å². The molecule has 1 fully saturated rings. The highest BCUT2D eigenvalue weighted by molar-refractivity contribution is 9.09. The number of likely N-dealkylation sites (tertiary alicyclic amines) is 1. The number of hydrogen-bond donors (Lipinski definition) is 0. The Labute approximate surface area is 129 Å². The molecule has 20 heavy (non-hydrogen) atoms. The summed E-state index contributed by atoms with van der Waals surface area (Å²) in [6.45, 7) is 1.95. The maximum Gasteiger partial charge on any atom is 0.324 e. The Kier molecular flexibility index (Phi) is 5.50. The van der Waals surface area contributed by atoms with Crippen molar-refractivity contribution in [1.82, 2.24) is 4.90 Å². The van der Waals surface area contributed by atoms with Crippen LogP contribution in [-0.2, 0) is 4.74 Å². The van der Waals surface area contributed by atoms with Crippen molar-refractivity contribution in [3.63, 3.8) is 0 Å². The maximum atomic E-state index is 12.2. The van der Waals surface area contributed by atoms with Gasteiger partial charge in [-0.2, -0.15) is 0 Å². The lowest BCUT2D eigenvalue weighted by molar-refractivity contribution is -0.380. The third kappa shape index (κ3) is 3.77. The van der Waals surface area contributed by atoms with Gasteiger partial charge in [0.05, 0.1) is 22.5 Å². The van der Waals surface area contributed by atoms with Crippen molar-refractivity contribution >= 4 is 38.2 Å². The first-order chi connectivity index (χ1) is 9.61. The van der Waals surface area contributed by atoms with Gasteiger partial charge in [0.15, 0.2) is 0 Å². The molecule has 0 saturated carbocycles. The Morgan fingerprint density at radius 1 is 1.50 bits per heavy atom. The molecule has 110 valence electrons. The van der Waals surface area contributed by atoms with Gasteiger partial charge in [-0.15, -0.1) is 0 Å². The summed E-state index contributed by atoms with van der Waals surface area (Å²) in [6.07, 6.45) is 1.83. The van der Waals surface area contributed by atoms with Crippen LogP contribution in [0, 0.1) is 10.1 Å². The number of rotatable bonds is 5. The van der Waals surface area contributed by atoms with Crippen LogP contribution in [0.1, 0.15) is 22.5 Å². The largest absolute Gasteiger partial charge is 0.377 e. The zero-order valence-corrected chi connectivity index (χ0v) is 13.2. The molecule has 1 aliphatic heterocycles. The fourth-order valence-corrected chi connectivity index (χ4v) is 3.11. The number of carbonyl (C=O) groups is 1. The van der Waals surface area contributed by atoms with E-state index in [-0.39, 0.29) is 17.0 Å². The Bertz CT molecular complexity index is 486. The van der Waals surface area contributed by atoms with Crippen molar-refractivity contribution in [1.29, 1.82) is 0 Å². The minimum atomic E-state index is -0.470. The SMILES string of the molecule is O=C(c1ccc([N+](=O)[O-])s1)N1CCC(OCCBr)CC1. The number of halogens is 1. The molecule has 0 spiro atoms. The van der Waals surface area contributed by atoms with Crippen LogP contribution in [0.2, 0.25) is 0 Å². The number of carbonyl (C=O) groups excluding carboxylic acids is 1. The highest BCUT2D eigenvalue weighted by Crippen LogP contribution is 2.26. The van der Waals surface area contributed by atoms with E-state index in [0.29, 0.717) is 24.6 Å². The summed E-state index contributed by atoms with van der Waals surface area (Å²) in [6, 6.07) is 2.91. The van der Waals surface area contributed by atoms with E-state index in [4.69, 9.17) is 4.74 Å². The molecule has 8 heteroatoms. The average molecular weight is 363 g/mol. The minimum Gasteiger partial charge on any atom is -0.377 e. The smallest absolute Gasteiger partial charge is 0.324 e. The van der Waals surface area contributed by atoms with E-state index in [0.717, 1.165) is 29.5 Å². The number of alkyl halides is 1. The van der Waals surface area contributed by atoms with E-state index in [1.54, 1.807) is 4.90 Å². The molecule has 0 radical (unpaired) electrons. The first-order valence-electron chi connectivity index (χ1n) is 6.33. The molecule has 0 bridgehead atoms. The number of nitro groups is 1. The van der Waals surface area contributed by atoms with Crippen molar-refractivity contribution in [2.45, 2.75) is 18.9 Å². The van der Waals surface area contributed by atoms with Gasteiger partial charge >= 0.3 is 5.00 Å². The van der Waals surface area contributed by atoms with E-state index in [2.05, 4.69) is 15.9 Å². The molecule has 0 aliphatic carbocycles. The van der Waals surface area contributed by atoms with Crippen molar-refractivity contribution in [2.75, 3.05) is 25.0 Å². The lowest BCUT2D eigenvalue weighted by Gasteiger charge is -2.31. The van der Waals surface area contributed by atoms with Gasteiger partial charge < -0.3 is 9.64 Å². The van der Waals surface area contributed by atoms with E-state index in [1.165, 1.54) is 12.1 Å². The van der Waals surface area contributed by atoms with E-state index < -0.39 is 4.92 Å². The van der Waals surface area contributed by atoms with E-state index in [1.807, 2.05) is 0 Å². The van der Waals surface area contributed by atoms with Crippen LogP contribution in [0.5, 0.6) is 0 Å².